The van der Waals surface area contributed by atoms with Crippen molar-refractivity contribution >= 4 is 23.3 Å². The van der Waals surface area contributed by atoms with Crippen molar-refractivity contribution in [1.29, 1.82) is 0 Å². The number of benzene rings is 1. The van der Waals surface area contributed by atoms with E-state index in [4.69, 9.17) is 9.47 Å². The quantitative estimate of drug-likeness (QED) is 0.670. The number of anilines is 1. The van der Waals surface area contributed by atoms with Crippen LogP contribution in [0.3, 0.4) is 0 Å². The normalized spacial score (nSPS) is 10.5. The second-order valence-electron chi connectivity index (χ2n) is 5.32. The van der Waals surface area contributed by atoms with Gasteiger partial charge in [0, 0.05) is 17.6 Å². The lowest BCUT2D eigenvalue weighted by molar-refractivity contribution is -0.119. The Kier molecular flexibility index (Phi) is 5.07. The average Bonchev–Trinajstić information content (AvgIpc) is 3.07. The number of nitrogens with one attached hydrogen (secondary N) is 1. The van der Waals surface area contributed by atoms with Gasteiger partial charge in [-0.05, 0) is 44.2 Å². The summed E-state index contributed by atoms with van der Waals surface area (Å²) in [5, 5.41) is 6.65. The smallest absolute Gasteiger partial charge is 0.378 e. The number of amides is 1. The first-order valence-corrected chi connectivity index (χ1v) is 7.95. The fraction of sp³-hybridized carbons (Fsp3) is 0.235. The molecule has 2 heterocycles. The predicted molar refractivity (Wildman–Crippen MR) is 92.0 cm³/mol. The van der Waals surface area contributed by atoms with Gasteiger partial charge in [0.05, 0.1) is 6.61 Å². The molecule has 0 fully saturated rings. The maximum Gasteiger partial charge on any atom is 0.378 e. The van der Waals surface area contributed by atoms with Crippen molar-refractivity contribution in [2.45, 2.75) is 13.8 Å². The minimum absolute atomic E-state index is 0.152. The van der Waals surface area contributed by atoms with Crippen LogP contribution in [0.15, 0.2) is 36.5 Å². The molecule has 0 spiro atoms. The molecular weight excluding hydrogens is 338 g/mol. The second kappa shape index (κ2) is 7.60. The molecule has 1 N–H and O–H groups in total. The first kappa shape index (κ1) is 17.3. The summed E-state index contributed by atoms with van der Waals surface area (Å²) in [5.74, 6) is -0.424. The van der Waals surface area contributed by atoms with Gasteiger partial charge in [0.1, 0.15) is 5.75 Å². The average molecular weight is 355 g/mol. The molecule has 3 aromatic rings. The highest BCUT2D eigenvalue weighted by Gasteiger charge is 2.17. The fourth-order valence-corrected chi connectivity index (χ4v) is 2.19. The van der Waals surface area contributed by atoms with Gasteiger partial charge < -0.3 is 14.8 Å². The number of aryl methyl sites for hydroxylation is 1. The van der Waals surface area contributed by atoms with Crippen LogP contribution in [0.25, 0.3) is 5.78 Å². The van der Waals surface area contributed by atoms with E-state index in [2.05, 4.69) is 20.4 Å². The summed E-state index contributed by atoms with van der Waals surface area (Å²) in [6.45, 7) is 3.81. The van der Waals surface area contributed by atoms with E-state index in [0.717, 1.165) is 5.69 Å². The Morgan fingerprint density at radius 1 is 1.19 bits per heavy atom. The van der Waals surface area contributed by atoms with E-state index in [9.17, 15) is 9.59 Å². The van der Waals surface area contributed by atoms with Gasteiger partial charge in [-0.25, -0.2) is 14.3 Å². The molecule has 0 unspecified atom stereocenters. The van der Waals surface area contributed by atoms with Crippen LogP contribution in [0.4, 0.5) is 5.69 Å². The standard InChI is InChI=1S/C17H17N5O4/c1-3-25-13-6-4-12(5-7-13)19-14(23)10-26-16(24)15-20-17-18-9-8-11(2)22(17)21-15/h4-9H,3,10H2,1-2H3,(H,19,23). The predicted octanol–water partition coefficient (Wildman–Crippen LogP) is 1.63. The highest BCUT2D eigenvalue weighted by Crippen LogP contribution is 2.15. The van der Waals surface area contributed by atoms with E-state index in [-0.39, 0.29) is 11.6 Å². The Bertz CT molecular complexity index is 936. The van der Waals surface area contributed by atoms with Crippen LogP contribution in [-0.2, 0) is 9.53 Å². The molecule has 0 radical (unpaired) electrons. The largest absolute Gasteiger partial charge is 0.494 e. The van der Waals surface area contributed by atoms with Crippen molar-refractivity contribution in [1.82, 2.24) is 19.6 Å². The Morgan fingerprint density at radius 2 is 1.96 bits per heavy atom. The molecule has 3 rings (SSSR count). The molecule has 2 aromatic heterocycles. The van der Waals surface area contributed by atoms with Crippen molar-refractivity contribution in [3.63, 3.8) is 0 Å². The van der Waals surface area contributed by atoms with Crippen LogP contribution < -0.4 is 10.1 Å². The number of aromatic nitrogens is 4. The lowest BCUT2D eigenvalue weighted by Crippen LogP contribution is -2.21. The maximum absolute atomic E-state index is 12.0. The molecule has 0 atom stereocenters. The zero-order chi connectivity index (χ0) is 18.5. The second-order valence-corrected chi connectivity index (χ2v) is 5.32. The van der Waals surface area contributed by atoms with Crippen molar-refractivity contribution in [3.8, 4) is 5.75 Å². The molecule has 0 aliphatic rings. The molecule has 9 nitrogen and oxygen atoms in total. The number of rotatable bonds is 6. The van der Waals surface area contributed by atoms with E-state index >= 15 is 0 Å². The monoisotopic (exact) mass is 355 g/mol. The van der Waals surface area contributed by atoms with E-state index in [0.29, 0.717) is 18.0 Å². The summed E-state index contributed by atoms with van der Waals surface area (Å²) in [6.07, 6.45) is 1.57. The number of ether oxygens (including phenoxy) is 2. The number of nitrogens with zero attached hydrogens (tertiary/aromatic N) is 4. The summed E-state index contributed by atoms with van der Waals surface area (Å²) in [4.78, 5) is 31.9. The van der Waals surface area contributed by atoms with Gasteiger partial charge in [-0.2, -0.15) is 4.98 Å². The molecule has 9 heteroatoms. The topological polar surface area (TPSA) is 108 Å². The maximum atomic E-state index is 12.0. The van der Waals surface area contributed by atoms with E-state index in [1.807, 2.05) is 13.8 Å². The Morgan fingerprint density at radius 3 is 2.65 bits per heavy atom. The van der Waals surface area contributed by atoms with Gasteiger partial charge in [-0.3, -0.25) is 4.79 Å². The number of fused-ring (bicyclic) bond motifs is 1. The van der Waals surface area contributed by atoms with Crippen LogP contribution in [0, 0.1) is 6.92 Å². The molecule has 134 valence electrons. The zero-order valence-corrected chi connectivity index (χ0v) is 14.3. The third-order valence-corrected chi connectivity index (χ3v) is 3.40. The highest BCUT2D eigenvalue weighted by atomic mass is 16.5. The van der Waals surface area contributed by atoms with E-state index in [1.54, 1.807) is 36.5 Å². The number of hydrogen-bond donors (Lipinski definition) is 1. The zero-order valence-electron chi connectivity index (χ0n) is 14.3. The first-order chi connectivity index (χ1) is 12.6. The van der Waals surface area contributed by atoms with Gasteiger partial charge in [0.25, 0.3) is 17.5 Å². The first-order valence-electron chi connectivity index (χ1n) is 7.95. The summed E-state index contributed by atoms with van der Waals surface area (Å²) >= 11 is 0. The Balaban J connectivity index is 1.56. The van der Waals surface area contributed by atoms with Crippen LogP contribution in [0.2, 0.25) is 0 Å². The SMILES string of the molecule is CCOc1ccc(NC(=O)COC(=O)c2nc3nccc(C)n3n2)cc1. The van der Waals surface area contributed by atoms with E-state index in [1.165, 1.54) is 4.52 Å². The molecule has 1 amide bonds. The summed E-state index contributed by atoms with van der Waals surface area (Å²) in [7, 11) is 0. The van der Waals surface area contributed by atoms with Gasteiger partial charge >= 0.3 is 5.97 Å². The molecule has 0 saturated heterocycles. The number of hydrogen-bond acceptors (Lipinski definition) is 7. The molecular formula is C17H17N5O4. The van der Waals surface area contributed by atoms with Crippen molar-refractivity contribution < 1.29 is 19.1 Å². The summed E-state index contributed by atoms with van der Waals surface area (Å²) in [6, 6.07) is 8.61. The number of carbonyl (C=O) groups is 2. The van der Waals surface area contributed by atoms with Gasteiger partial charge in [0.2, 0.25) is 0 Å². The summed E-state index contributed by atoms with van der Waals surface area (Å²) < 4.78 is 11.7. The Labute approximate surface area is 149 Å². The minimum Gasteiger partial charge on any atom is -0.494 e. The highest BCUT2D eigenvalue weighted by molar-refractivity contribution is 5.94. The number of carbonyl (C=O) groups excluding carboxylic acids is 2. The van der Waals surface area contributed by atoms with Crippen molar-refractivity contribution in [3.05, 3.63) is 48.0 Å². The summed E-state index contributed by atoms with van der Waals surface area (Å²) in [5.41, 5.74) is 1.34. The fourth-order valence-electron chi connectivity index (χ4n) is 2.19. The van der Waals surface area contributed by atoms with E-state index < -0.39 is 18.5 Å². The number of esters is 1. The molecule has 0 saturated carbocycles. The third kappa shape index (κ3) is 3.94. The third-order valence-electron chi connectivity index (χ3n) is 3.40. The van der Waals surface area contributed by atoms with Crippen LogP contribution in [0.1, 0.15) is 23.2 Å². The lowest BCUT2D eigenvalue weighted by atomic mass is 10.3. The lowest BCUT2D eigenvalue weighted by Gasteiger charge is -2.07. The van der Waals surface area contributed by atoms with Crippen LogP contribution in [-0.4, -0.2) is 44.7 Å². The van der Waals surface area contributed by atoms with Gasteiger partial charge in [-0.1, -0.05) is 0 Å². The van der Waals surface area contributed by atoms with Gasteiger partial charge in [0.15, 0.2) is 6.61 Å². The van der Waals surface area contributed by atoms with Crippen molar-refractivity contribution in [2.75, 3.05) is 18.5 Å². The Hall–Kier alpha value is -3.49. The minimum atomic E-state index is -0.795. The molecule has 0 aliphatic heterocycles. The van der Waals surface area contributed by atoms with Crippen LogP contribution in [0.5, 0.6) is 5.75 Å². The molecule has 1 aromatic carbocycles. The molecule has 0 aliphatic carbocycles. The molecule has 26 heavy (non-hydrogen) atoms. The van der Waals surface area contributed by atoms with Crippen molar-refractivity contribution in [2.24, 2.45) is 0 Å². The van der Waals surface area contributed by atoms with Gasteiger partial charge in [-0.15, -0.1) is 5.10 Å². The molecule has 0 bridgehead atoms. The van der Waals surface area contributed by atoms with Crippen LogP contribution >= 0.6 is 0 Å².